The molecule has 15 heteroatoms. The molecule has 6 aromatic rings. The summed E-state index contributed by atoms with van der Waals surface area (Å²) in [6.07, 6.45) is 8.60. The smallest absolute Gasteiger partial charge is 0.349 e. The Morgan fingerprint density at radius 1 is 0.619 bits per heavy atom. The summed E-state index contributed by atoms with van der Waals surface area (Å²) in [7, 11) is 3.15. The molecule has 8 rings (SSSR count). The van der Waals surface area contributed by atoms with Gasteiger partial charge in [-0.3, -0.25) is 9.59 Å². The van der Waals surface area contributed by atoms with Crippen molar-refractivity contribution in [2.75, 3.05) is 14.2 Å². The average Bonchev–Trinajstić information content (AvgIpc) is 4.10. The van der Waals surface area contributed by atoms with E-state index in [1.165, 1.54) is 35.5 Å². The van der Waals surface area contributed by atoms with Gasteiger partial charge in [0.15, 0.2) is 0 Å². The van der Waals surface area contributed by atoms with E-state index in [1.807, 2.05) is 30.3 Å². The maximum Gasteiger partial charge on any atom is 0.349 e. The summed E-state index contributed by atoms with van der Waals surface area (Å²) in [5.74, 6) is 0.0364. The largest absolute Gasteiger partial charge is 0.496 e. The van der Waals surface area contributed by atoms with Crippen molar-refractivity contribution in [1.29, 1.82) is 0 Å². The molecule has 2 saturated carbocycles. The van der Waals surface area contributed by atoms with Crippen molar-refractivity contribution in [3.63, 3.8) is 0 Å². The number of rotatable bonds is 13. The third-order valence-corrected chi connectivity index (χ3v) is 12.7. The maximum absolute atomic E-state index is 13.0. The monoisotopic (exact) mass is 900 g/mol. The Labute approximate surface area is 375 Å². The molecule has 6 N–H and O–H groups in total. The van der Waals surface area contributed by atoms with Gasteiger partial charge < -0.3 is 45.4 Å². The molecule has 0 saturated heterocycles. The molecule has 4 aromatic carbocycles. The van der Waals surface area contributed by atoms with Crippen LogP contribution in [0.2, 0.25) is 0 Å². The van der Waals surface area contributed by atoms with Gasteiger partial charge in [-0.2, -0.15) is 0 Å². The first-order valence-corrected chi connectivity index (χ1v) is 21.4. The van der Waals surface area contributed by atoms with Crippen LogP contribution in [0.5, 0.6) is 23.0 Å². The minimum atomic E-state index is -1.01. The van der Waals surface area contributed by atoms with Crippen molar-refractivity contribution in [1.82, 2.24) is 0 Å². The van der Waals surface area contributed by atoms with Crippen LogP contribution < -0.4 is 30.4 Å². The molecule has 0 atom stereocenters. The zero-order chi connectivity index (χ0) is 43.5. The van der Waals surface area contributed by atoms with E-state index in [9.17, 15) is 24.3 Å². The highest BCUT2D eigenvalue weighted by Crippen LogP contribution is 2.40. The third kappa shape index (κ3) is 12.5. The summed E-state index contributed by atoms with van der Waals surface area (Å²) in [4.78, 5) is 47.7. The fraction of sp³-hybridized carbons (Fsp3) is 0.333. The summed E-state index contributed by atoms with van der Waals surface area (Å²) in [6, 6.07) is 24.1. The van der Waals surface area contributed by atoms with Gasteiger partial charge >= 0.3 is 11.9 Å². The minimum absolute atomic E-state index is 0. The molecule has 0 unspecified atom stereocenters. The molecule has 2 aromatic heterocycles. The van der Waals surface area contributed by atoms with Crippen molar-refractivity contribution < 1.29 is 53.1 Å². The Bertz CT molecular complexity index is 2470. The van der Waals surface area contributed by atoms with Crippen LogP contribution in [0.3, 0.4) is 0 Å². The first-order chi connectivity index (χ1) is 29.5. The fourth-order valence-corrected chi connectivity index (χ4v) is 9.34. The molecule has 0 radical (unpaired) electrons. The zero-order valence-corrected chi connectivity index (χ0v) is 35.5. The Morgan fingerprint density at radius 2 is 1.03 bits per heavy atom. The zero-order valence-electron chi connectivity index (χ0n) is 33.8. The van der Waals surface area contributed by atoms with E-state index in [1.54, 1.807) is 68.8 Å². The maximum atomic E-state index is 13.0. The highest BCUT2D eigenvalue weighted by atomic mass is 32.1. The number of hydrogen-bond acceptors (Lipinski definition) is 12. The first kappa shape index (κ1) is 49.5. The molecule has 0 aliphatic heterocycles. The number of ether oxygens (including phenoxy) is 5. The van der Waals surface area contributed by atoms with Crippen LogP contribution in [0.25, 0.3) is 20.2 Å². The Balaban J connectivity index is 0.000000240. The molecule has 2 amide bonds. The van der Waals surface area contributed by atoms with Gasteiger partial charge in [-0.1, -0.05) is 39.8 Å². The van der Waals surface area contributed by atoms with E-state index in [4.69, 9.17) is 40.3 Å². The number of carbonyl (C=O) groups excluding carboxylic acids is 3. The second-order valence-corrected chi connectivity index (χ2v) is 16.5. The molecular weight excluding hydrogens is 845 g/mol. The van der Waals surface area contributed by atoms with Crippen LogP contribution >= 0.6 is 22.7 Å². The van der Waals surface area contributed by atoms with Crippen LogP contribution in [0, 0.1) is 0 Å². The highest BCUT2D eigenvalue weighted by Gasteiger charge is 2.27. The lowest BCUT2D eigenvalue weighted by Gasteiger charge is -2.13. The molecule has 2 aliphatic carbocycles. The van der Waals surface area contributed by atoms with Crippen LogP contribution in [0.1, 0.15) is 117 Å². The van der Waals surface area contributed by atoms with E-state index >= 15 is 0 Å². The lowest BCUT2D eigenvalue weighted by atomic mass is 10.1. The predicted molar refractivity (Wildman–Crippen MR) is 248 cm³/mol. The summed E-state index contributed by atoms with van der Waals surface area (Å²) in [5, 5.41) is 19.8. The number of amides is 2. The topological polar surface area (TPSA) is 207 Å². The highest BCUT2D eigenvalue weighted by molar-refractivity contribution is 7.21. The molecule has 63 heavy (non-hydrogen) atoms. The third-order valence-electron chi connectivity index (χ3n) is 10.3. The average molecular weight is 901 g/mol. The Kier molecular flexibility index (Phi) is 18.3. The number of nitrogens with two attached hydrogens (primary N) is 2. The van der Waals surface area contributed by atoms with Crippen molar-refractivity contribution in [2.24, 2.45) is 11.5 Å². The molecule has 0 spiro atoms. The molecule has 2 fully saturated rings. The van der Waals surface area contributed by atoms with E-state index in [2.05, 4.69) is 0 Å². The van der Waals surface area contributed by atoms with Crippen LogP contribution in [0.15, 0.2) is 84.9 Å². The van der Waals surface area contributed by atoms with Crippen molar-refractivity contribution in [2.45, 2.75) is 91.6 Å². The number of thiophene rings is 2. The van der Waals surface area contributed by atoms with E-state index in [-0.39, 0.29) is 51.1 Å². The van der Waals surface area contributed by atoms with Gasteiger partial charge in [0.1, 0.15) is 52.1 Å². The van der Waals surface area contributed by atoms with Crippen molar-refractivity contribution >= 4 is 66.6 Å². The predicted octanol–water partition coefficient (Wildman–Crippen LogP) is 10.2. The quantitative estimate of drug-likeness (QED) is 0.0802. The van der Waals surface area contributed by atoms with Crippen LogP contribution in [-0.4, -0.2) is 60.4 Å². The number of primary amides is 2. The normalized spacial score (nSPS) is 13.3. The number of aliphatic hydroxyl groups is 1. The number of hydrogen-bond donors (Lipinski definition) is 4. The van der Waals surface area contributed by atoms with E-state index in [0.29, 0.717) is 44.6 Å². The van der Waals surface area contributed by atoms with Crippen molar-refractivity contribution in [3.8, 4) is 23.0 Å². The number of benzene rings is 4. The standard InChI is InChI=1S/C23H23NO5S.C18H15NO5S.C5H10O.2CH4/c1-27-18-7-4-8-19-20(18)17(13-28-15-11-9-14(10-12-15)22(24)25)21(30-19)23(26)29-16-5-2-3-6-16;1-23-13-3-2-4-14-15(13)12(16(25-14)18(21)22)9-24-11-7-5-10(6-8-11)17(19)20;6-5-3-1-2-4-5;;/h4,7-12,16H,2-3,5-6,13H2,1H3,(H2,24,25);2-8H,9H2,1H3,(H2,19,20)(H,21,22);5-6H,1-4H2;2*1H4. The number of aromatic carboxylic acids is 1. The summed E-state index contributed by atoms with van der Waals surface area (Å²) in [5.41, 5.74) is 12.6. The summed E-state index contributed by atoms with van der Waals surface area (Å²) < 4.78 is 30.1. The minimum Gasteiger partial charge on any atom is -0.496 e. The molecule has 13 nitrogen and oxygen atoms in total. The SMILES string of the molecule is C.C.COc1cccc2sc(C(=O)O)c(COc3ccc(C(N)=O)cc3)c12.COc1cccc2sc(C(=O)OC3CCCC3)c(COc3ccc(C(N)=O)cc3)c12.OC1CCCC1. The van der Waals surface area contributed by atoms with Crippen molar-refractivity contribution in [3.05, 3.63) is 117 Å². The lowest BCUT2D eigenvalue weighted by Crippen LogP contribution is -2.15. The number of carboxylic acids is 1. The van der Waals surface area contributed by atoms with Gasteiger partial charge in [0.2, 0.25) is 11.8 Å². The molecular formula is C48H56N2O11S2. The van der Waals surface area contributed by atoms with Crippen LogP contribution in [-0.2, 0) is 18.0 Å². The number of carboxylic acid groups (broad SMARTS) is 1. The van der Waals surface area contributed by atoms with Gasteiger partial charge in [0.05, 0.1) is 20.3 Å². The first-order valence-electron chi connectivity index (χ1n) is 19.8. The Morgan fingerprint density at radius 3 is 1.41 bits per heavy atom. The van der Waals surface area contributed by atoms with Gasteiger partial charge in [-0.25, -0.2) is 9.59 Å². The van der Waals surface area contributed by atoms with E-state index < -0.39 is 17.8 Å². The van der Waals surface area contributed by atoms with Gasteiger partial charge in [-0.15, -0.1) is 22.7 Å². The van der Waals surface area contributed by atoms with Gasteiger partial charge in [0.25, 0.3) is 0 Å². The number of esters is 1. The molecule has 2 aliphatic rings. The number of aliphatic hydroxyl groups excluding tert-OH is 1. The van der Waals surface area contributed by atoms with Gasteiger partial charge in [0, 0.05) is 42.4 Å². The molecule has 336 valence electrons. The number of carbonyl (C=O) groups is 4. The molecule has 2 heterocycles. The van der Waals surface area contributed by atoms with Gasteiger partial charge in [-0.05, 0) is 111 Å². The second-order valence-electron chi connectivity index (χ2n) is 14.4. The Hall–Kier alpha value is -6.16. The summed E-state index contributed by atoms with van der Waals surface area (Å²) in [6.45, 7) is 0.239. The molecule has 0 bridgehead atoms. The van der Waals surface area contributed by atoms with E-state index in [0.717, 1.165) is 64.3 Å². The van der Waals surface area contributed by atoms with Crippen LogP contribution in [0.4, 0.5) is 0 Å². The lowest BCUT2D eigenvalue weighted by molar-refractivity contribution is 0.0320. The second kappa shape index (κ2) is 23.3. The number of methoxy groups -OCH3 is 2. The summed E-state index contributed by atoms with van der Waals surface area (Å²) >= 11 is 2.57. The fourth-order valence-electron chi connectivity index (χ4n) is 7.17. The number of fused-ring (bicyclic) bond motifs is 2.